The average molecular weight is 448 g/mol. The number of methoxy groups -OCH3 is 1. The Morgan fingerprint density at radius 1 is 1.38 bits per heavy atom. The fraction of sp³-hybridized carbons (Fsp3) is 0.214. The number of ether oxygens (including phenoxy) is 1. The Labute approximate surface area is 150 Å². The Balaban J connectivity index is 0.00000132. The summed E-state index contributed by atoms with van der Waals surface area (Å²) in [5.41, 5.74) is 2.50. The lowest BCUT2D eigenvalue weighted by Gasteiger charge is -2.16. The molecule has 2 aliphatic rings. The number of thioether (sulfide) groups is 1. The summed E-state index contributed by atoms with van der Waals surface area (Å²) in [5.74, 6) is 0.941. The third-order valence-electron chi connectivity index (χ3n) is 3.48. The van der Waals surface area contributed by atoms with Gasteiger partial charge in [0, 0.05) is 22.9 Å². The van der Waals surface area contributed by atoms with E-state index >= 15 is 0 Å². The largest absolute Gasteiger partial charge is 0.495 e. The summed E-state index contributed by atoms with van der Waals surface area (Å²) in [4.78, 5) is 6.84. The second kappa shape index (κ2) is 5.95. The summed E-state index contributed by atoms with van der Waals surface area (Å²) in [7, 11) is 1.72. The van der Waals surface area contributed by atoms with Crippen molar-refractivity contribution in [3.63, 3.8) is 0 Å². The standard InChI is InChI=1S/C14H11BrN2OS2.BrH/c1-18-10-4-2-3-8-9(7-19-12(8)10)11-13(15)20-14-16-5-6-17(11)14;/h2-4,7H,5-6H2,1H3;1H. The predicted octanol–water partition coefficient (Wildman–Crippen LogP) is 4.93. The van der Waals surface area contributed by atoms with Gasteiger partial charge in [0.05, 0.1) is 27.9 Å². The van der Waals surface area contributed by atoms with E-state index in [9.17, 15) is 0 Å². The molecule has 3 heterocycles. The first kappa shape index (κ1) is 15.4. The van der Waals surface area contributed by atoms with Gasteiger partial charge in [0.25, 0.3) is 0 Å². The lowest BCUT2D eigenvalue weighted by Crippen LogP contribution is -2.19. The van der Waals surface area contributed by atoms with Crippen molar-refractivity contribution in [2.24, 2.45) is 4.99 Å². The highest BCUT2D eigenvalue weighted by atomic mass is 79.9. The van der Waals surface area contributed by atoms with Gasteiger partial charge in [0.2, 0.25) is 0 Å². The highest BCUT2D eigenvalue weighted by Gasteiger charge is 2.33. The topological polar surface area (TPSA) is 24.8 Å². The Hall–Kier alpha value is -0.500. The normalized spacial score (nSPS) is 17.0. The predicted molar refractivity (Wildman–Crippen MR) is 101 cm³/mol. The second-order valence-corrected chi connectivity index (χ2v) is 7.70. The molecule has 21 heavy (non-hydrogen) atoms. The van der Waals surface area contributed by atoms with Crippen molar-refractivity contribution in [3.8, 4) is 5.75 Å². The number of halogens is 2. The lowest BCUT2D eigenvalue weighted by atomic mass is 10.1. The van der Waals surface area contributed by atoms with Crippen LogP contribution >= 0.6 is 56.0 Å². The van der Waals surface area contributed by atoms with E-state index in [0.29, 0.717) is 0 Å². The van der Waals surface area contributed by atoms with Crippen LogP contribution in [0.1, 0.15) is 5.56 Å². The summed E-state index contributed by atoms with van der Waals surface area (Å²) in [6.07, 6.45) is 0. The molecule has 0 saturated carbocycles. The Kier molecular flexibility index (Phi) is 4.36. The highest BCUT2D eigenvalue weighted by Crippen LogP contribution is 2.48. The van der Waals surface area contributed by atoms with Crippen LogP contribution in [0.25, 0.3) is 15.8 Å². The molecule has 0 spiro atoms. The summed E-state index contributed by atoms with van der Waals surface area (Å²) >= 11 is 7.14. The number of hydrogen-bond acceptors (Lipinski definition) is 5. The van der Waals surface area contributed by atoms with Gasteiger partial charge in [-0.15, -0.1) is 28.3 Å². The first-order valence-corrected chi connectivity index (χ1v) is 8.72. The average Bonchev–Trinajstić information content (AvgIpc) is 3.12. The molecule has 0 fully saturated rings. The van der Waals surface area contributed by atoms with Gasteiger partial charge in [-0.05, 0) is 33.8 Å². The molecule has 0 saturated heterocycles. The zero-order valence-electron chi connectivity index (χ0n) is 11.1. The molecular weight excluding hydrogens is 436 g/mol. The minimum absolute atomic E-state index is 0. The number of hydrogen-bond donors (Lipinski definition) is 0. The number of nitrogens with zero attached hydrogens (tertiary/aromatic N) is 2. The maximum Gasteiger partial charge on any atom is 0.169 e. The van der Waals surface area contributed by atoms with Crippen LogP contribution in [-0.4, -0.2) is 30.3 Å². The number of thiophene rings is 1. The minimum atomic E-state index is 0. The zero-order chi connectivity index (χ0) is 13.7. The quantitative estimate of drug-likeness (QED) is 0.652. The molecule has 4 rings (SSSR count). The van der Waals surface area contributed by atoms with Crippen LogP contribution in [0.3, 0.4) is 0 Å². The molecule has 2 aromatic rings. The van der Waals surface area contributed by atoms with Crippen molar-refractivity contribution >= 4 is 77.0 Å². The molecule has 0 unspecified atom stereocenters. The summed E-state index contributed by atoms with van der Waals surface area (Å²) in [6, 6.07) is 6.22. The van der Waals surface area contributed by atoms with Crippen LogP contribution in [0, 0.1) is 0 Å². The van der Waals surface area contributed by atoms with Gasteiger partial charge in [0.15, 0.2) is 5.17 Å². The third-order valence-corrected chi connectivity index (χ3v) is 6.25. The van der Waals surface area contributed by atoms with Crippen molar-refractivity contribution in [2.75, 3.05) is 20.2 Å². The van der Waals surface area contributed by atoms with Crippen molar-refractivity contribution in [2.45, 2.75) is 0 Å². The molecule has 3 nitrogen and oxygen atoms in total. The summed E-state index contributed by atoms with van der Waals surface area (Å²) in [6.45, 7) is 1.85. The molecule has 7 heteroatoms. The SMILES string of the molecule is Br.COc1cccc2c(C3=C(Br)SC4=NCCN43)csc12. The van der Waals surface area contributed by atoms with Gasteiger partial charge >= 0.3 is 0 Å². The molecule has 0 bridgehead atoms. The number of benzene rings is 1. The number of amidine groups is 1. The van der Waals surface area contributed by atoms with Crippen LogP contribution < -0.4 is 4.74 Å². The fourth-order valence-corrected chi connectivity index (χ4v) is 5.42. The monoisotopic (exact) mass is 446 g/mol. The molecule has 2 aliphatic heterocycles. The number of rotatable bonds is 2. The first-order valence-electron chi connectivity index (χ1n) is 6.24. The number of fused-ring (bicyclic) bond motifs is 2. The van der Waals surface area contributed by atoms with E-state index < -0.39 is 0 Å². The highest BCUT2D eigenvalue weighted by molar-refractivity contribution is 9.14. The van der Waals surface area contributed by atoms with E-state index in [-0.39, 0.29) is 17.0 Å². The molecule has 1 aromatic carbocycles. The van der Waals surface area contributed by atoms with E-state index in [0.717, 1.165) is 27.8 Å². The van der Waals surface area contributed by atoms with Gasteiger partial charge in [-0.2, -0.15) is 0 Å². The Morgan fingerprint density at radius 3 is 3.05 bits per heavy atom. The van der Waals surface area contributed by atoms with Crippen LogP contribution in [-0.2, 0) is 0 Å². The van der Waals surface area contributed by atoms with E-state index in [1.54, 1.807) is 30.2 Å². The van der Waals surface area contributed by atoms with Crippen LogP contribution in [0.15, 0.2) is 32.4 Å². The molecule has 1 aromatic heterocycles. The second-order valence-electron chi connectivity index (χ2n) is 4.53. The van der Waals surface area contributed by atoms with Crippen molar-refractivity contribution < 1.29 is 4.74 Å². The zero-order valence-corrected chi connectivity index (χ0v) is 16.1. The molecule has 0 atom stereocenters. The van der Waals surface area contributed by atoms with Gasteiger partial charge in [-0.25, -0.2) is 0 Å². The van der Waals surface area contributed by atoms with Crippen molar-refractivity contribution in [1.82, 2.24) is 4.90 Å². The third kappa shape index (κ3) is 2.34. The molecule has 0 aliphatic carbocycles. The maximum absolute atomic E-state index is 5.46. The molecular formula is C14H12Br2N2OS2. The van der Waals surface area contributed by atoms with E-state index in [2.05, 4.69) is 37.3 Å². The van der Waals surface area contributed by atoms with E-state index in [4.69, 9.17) is 4.74 Å². The molecule has 110 valence electrons. The van der Waals surface area contributed by atoms with Crippen LogP contribution in [0.2, 0.25) is 0 Å². The Bertz CT molecular complexity index is 769. The van der Waals surface area contributed by atoms with Crippen LogP contribution in [0.4, 0.5) is 0 Å². The van der Waals surface area contributed by atoms with Gasteiger partial charge in [-0.3, -0.25) is 4.99 Å². The van der Waals surface area contributed by atoms with Gasteiger partial charge < -0.3 is 9.64 Å². The maximum atomic E-state index is 5.46. The van der Waals surface area contributed by atoms with Crippen molar-refractivity contribution in [3.05, 3.63) is 33.0 Å². The molecule has 0 radical (unpaired) electrons. The fourth-order valence-electron chi connectivity index (χ4n) is 2.58. The summed E-state index contributed by atoms with van der Waals surface area (Å²) in [5, 5.41) is 4.56. The Morgan fingerprint density at radius 2 is 2.24 bits per heavy atom. The van der Waals surface area contributed by atoms with Gasteiger partial charge in [0.1, 0.15) is 5.75 Å². The summed E-state index contributed by atoms with van der Waals surface area (Å²) < 4.78 is 7.81. The number of aliphatic imine (C=N–C) groups is 1. The van der Waals surface area contributed by atoms with Crippen LogP contribution in [0.5, 0.6) is 5.75 Å². The first-order chi connectivity index (χ1) is 9.79. The molecule has 0 amide bonds. The van der Waals surface area contributed by atoms with Crippen molar-refractivity contribution in [1.29, 1.82) is 0 Å². The smallest absolute Gasteiger partial charge is 0.169 e. The molecule has 0 N–H and O–H groups in total. The minimum Gasteiger partial charge on any atom is -0.495 e. The van der Waals surface area contributed by atoms with E-state index in [1.165, 1.54) is 21.3 Å². The van der Waals surface area contributed by atoms with Gasteiger partial charge in [-0.1, -0.05) is 12.1 Å². The lowest BCUT2D eigenvalue weighted by molar-refractivity contribution is 0.420. The van der Waals surface area contributed by atoms with E-state index in [1.807, 2.05) is 12.1 Å².